The highest BCUT2D eigenvalue weighted by Gasteiger charge is 2.27. The van der Waals surface area contributed by atoms with Crippen LogP contribution in [0.4, 0.5) is 0 Å². The van der Waals surface area contributed by atoms with Crippen LogP contribution in [0.15, 0.2) is 12.1 Å². The summed E-state index contributed by atoms with van der Waals surface area (Å²) in [7, 11) is 0. The number of phenols is 2. The first-order chi connectivity index (χ1) is 8.09. The molecular formula is C16H26O2. The van der Waals surface area contributed by atoms with Gasteiger partial charge in [0.1, 0.15) is 11.5 Å². The second kappa shape index (κ2) is 4.83. The van der Waals surface area contributed by atoms with Crippen LogP contribution >= 0.6 is 0 Å². The van der Waals surface area contributed by atoms with Gasteiger partial charge in [0.15, 0.2) is 0 Å². The quantitative estimate of drug-likeness (QED) is 0.777. The Kier molecular flexibility index (Phi) is 3.99. The Morgan fingerprint density at radius 3 is 1.78 bits per heavy atom. The van der Waals surface area contributed by atoms with Crippen molar-refractivity contribution >= 4 is 0 Å². The van der Waals surface area contributed by atoms with Gasteiger partial charge in [-0.1, -0.05) is 48.0 Å². The molecule has 0 aliphatic carbocycles. The number of aromatic hydroxyl groups is 2. The Morgan fingerprint density at radius 2 is 1.33 bits per heavy atom. The lowest BCUT2D eigenvalue weighted by Crippen LogP contribution is -2.18. The minimum absolute atomic E-state index is 0.118. The number of phenolic OH excluding ortho intramolecular Hbond substituents is 2. The Morgan fingerprint density at radius 1 is 0.889 bits per heavy atom. The fourth-order valence-electron chi connectivity index (χ4n) is 2.48. The fourth-order valence-corrected chi connectivity index (χ4v) is 2.48. The first-order valence-electron chi connectivity index (χ1n) is 6.66. The molecule has 0 aliphatic rings. The predicted octanol–water partition coefficient (Wildman–Crippen LogP) is 4.47. The first kappa shape index (κ1) is 14.9. The van der Waals surface area contributed by atoms with Crippen molar-refractivity contribution in [1.82, 2.24) is 0 Å². The summed E-state index contributed by atoms with van der Waals surface area (Å²) in [5.74, 6) is 0.565. The molecule has 1 aromatic rings. The number of rotatable bonds is 3. The van der Waals surface area contributed by atoms with Gasteiger partial charge in [0.05, 0.1) is 0 Å². The summed E-state index contributed by atoms with van der Waals surface area (Å²) in [6.07, 6.45) is 2.03. The first-order valence-corrected chi connectivity index (χ1v) is 6.66. The van der Waals surface area contributed by atoms with Gasteiger partial charge >= 0.3 is 0 Å². The molecule has 0 fully saturated rings. The summed E-state index contributed by atoms with van der Waals surface area (Å²) in [6.45, 7) is 12.4. The van der Waals surface area contributed by atoms with Crippen LogP contribution in [0, 0.1) is 0 Å². The zero-order chi connectivity index (χ0) is 14.1. The Hall–Kier alpha value is -1.18. The fraction of sp³-hybridized carbons (Fsp3) is 0.625. The maximum Gasteiger partial charge on any atom is 0.119 e. The highest BCUT2D eigenvalue weighted by atomic mass is 16.3. The average Bonchev–Trinajstić information content (AvgIpc) is 2.19. The van der Waals surface area contributed by atoms with Crippen molar-refractivity contribution in [2.75, 3.05) is 0 Å². The molecule has 0 atom stereocenters. The topological polar surface area (TPSA) is 40.5 Å². The molecule has 0 aromatic heterocycles. The van der Waals surface area contributed by atoms with Crippen molar-refractivity contribution in [3.05, 3.63) is 23.3 Å². The lowest BCUT2D eigenvalue weighted by atomic mass is 9.77. The molecule has 0 heterocycles. The molecule has 0 amide bonds. The molecule has 18 heavy (non-hydrogen) atoms. The van der Waals surface area contributed by atoms with Crippen LogP contribution in [0.25, 0.3) is 0 Å². The Labute approximate surface area is 111 Å². The smallest absolute Gasteiger partial charge is 0.119 e. The molecule has 0 spiro atoms. The molecule has 2 heteroatoms. The highest BCUT2D eigenvalue weighted by molar-refractivity contribution is 5.50. The van der Waals surface area contributed by atoms with Gasteiger partial charge in [-0.3, -0.25) is 0 Å². The van der Waals surface area contributed by atoms with Gasteiger partial charge in [0, 0.05) is 11.1 Å². The van der Waals surface area contributed by atoms with E-state index in [0.717, 1.165) is 24.0 Å². The monoisotopic (exact) mass is 250 g/mol. The SMILES string of the molecule is CCCC(C)(C)c1cc(O)c(C(C)(C)C)cc1O. The van der Waals surface area contributed by atoms with Gasteiger partial charge in [-0.2, -0.15) is 0 Å². The second-order valence-electron chi connectivity index (χ2n) is 6.77. The summed E-state index contributed by atoms with van der Waals surface area (Å²) in [5.41, 5.74) is 1.33. The van der Waals surface area contributed by atoms with Crippen LogP contribution < -0.4 is 0 Å². The van der Waals surface area contributed by atoms with E-state index in [1.807, 2.05) is 20.8 Å². The van der Waals surface area contributed by atoms with Crippen molar-refractivity contribution in [3.8, 4) is 11.5 Å². The van der Waals surface area contributed by atoms with E-state index in [9.17, 15) is 10.2 Å². The van der Waals surface area contributed by atoms with Crippen molar-refractivity contribution in [3.63, 3.8) is 0 Å². The summed E-state index contributed by atoms with van der Waals surface area (Å²) in [5, 5.41) is 20.4. The average molecular weight is 250 g/mol. The number of hydrogen-bond acceptors (Lipinski definition) is 2. The van der Waals surface area contributed by atoms with Crippen molar-refractivity contribution in [1.29, 1.82) is 0 Å². The largest absolute Gasteiger partial charge is 0.508 e. The van der Waals surface area contributed by atoms with Gasteiger partial charge in [-0.05, 0) is 29.4 Å². The predicted molar refractivity (Wildman–Crippen MR) is 76.4 cm³/mol. The molecule has 0 bridgehead atoms. The van der Waals surface area contributed by atoms with E-state index in [1.165, 1.54) is 0 Å². The molecule has 2 N–H and O–H groups in total. The van der Waals surface area contributed by atoms with Gasteiger partial charge < -0.3 is 10.2 Å². The summed E-state index contributed by atoms with van der Waals surface area (Å²) in [6, 6.07) is 3.44. The van der Waals surface area contributed by atoms with Gasteiger partial charge in [-0.15, -0.1) is 0 Å². The third-order valence-electron chi connectivity index (χ3n) is 3.53. The molecule has 0 unspecified atom stereocenters. The molecule has 2 nitrogen and oxygen atoms in total. The molecule has 0 aliphatic heterocycles. The molecule has 0 saturated heterocycles. The van der Waals surface area contributed by atoms with Gasteiger partial charge in [0.25, 0.3) is 0 Å². The van der Waals surface area contributed by atoms with Crippen LogP contribution in [-0.4, -0.2) is 10.2 Å². The maximum absolute atomic E-state index is 10.2. The number of benzene rings is 1. The zero-order valence-corrected chi connectivity index (χ0v) is 12.5. The number of hydrogen-bond donors (Lipinski definition) is 2. The van der Waals surface area contributed by atoms with E-state index < -0.39 is 0 Å². The molecular weight excluding hydrogens is 224 g/mol. The highest BCUT2D eigenvalue weighted by Crippen LogP contribution is 2.41. The normalized spacial score (nSPS) is 12.8. The van der Waals surface area contributed by atoms with E-state index in [-0.39, 0.29) is 22.3 Å². The van der Waals surface area contributed by atoms with Crippen molar-refractivity contribution in [2.45, 2.75) is 65.2 Å². The van der Waals surface area contributed by atoms with Crippen LogP contribution in [0.3, 0.4) is 0 Å². The van der Waals surface area contributed by atoms with Crippen LogP contribution in [0.1, 0.15) is 65.5 Å². The molecule has 0 saturated carbocycles. The van der Waals surface area contributed by atoms with E-state index in [2.05, 4.69) is 20.8 Å². The van der Waals surface area contributed by atoms with Crippen LogP contribution in [-0.2, 0) is 10.8 Å². The lowest BCUT2D eigenvalue weighted by molar-refractivity contribution is 0.400. The molecule has 1 rings (SSSR count). The molecule has 102 valence electrons. The van der Waals surface area contributed by atoms with Crippen molar-refractivity contribution < 1.29 is 10.2 Å². The third kappa shape index (κ3) is 2.98. The van der Waals surface area contributed by atoms with Crippen LogP contribution in [0.2, 0.25) is 0 Å². The molecule has 1 aromatic carbocycles. The van der Waals surface area contributed by atoms with Crippen molar-refractivity contribution in [2.24, 2.45) is 0 Å². The van der Waals surface area contributed by atoms with E-state index >= 15 is 0 Å². The minimum atomic E-state index is -0.172. The van der Waals surface area contributed by atoms with E-state index in [1.54, 1.807) is 12.1 Å². The maximum atomic E-state index is 10.2. The standard InChI is InChI=1S/C16H26O2/c1-7-8-16(5,6)12-10-13(17)11(9-14(12)18)15(2,3)4/h9-10,17-18H,7-8H2,1-6H3. The van der Waals surface area contributed by atoms with Crippen LogP contribution in [0.5, 0.6) is 11.5 Å². The minimum Gasteiger partial charge on any atom is -0.508 e. The summed E-state index contributed by atoms with van der Waals surface area (Å²) in [4.78, 5) is 0. The molecule has 0 radical (unpaired) electrons. The van der Waals surface area contributed by atoms with E-state index in [4.69, 9.17) is 0 Å². The Balaban J connectivity index is 3.32. The zero-order valence-electron chi connectivity index (χ0n) is 12.5. The third-order valence-corrected chi connectivity index (χ3v) is 3.53. The van der Waals surface area contributed by atoms with Gasteiger partial charge in [-0.25, -0.2) is 0 Å². The Bertz CT molecular complexity index is 425. The van der Waals surface area contributed by atoms with Gasteiger partial charge in [0.2, 0.25) is 0 Å². The van der Waals surface area contributed by atoms with E-state index in [0.29, 0.717) is 0 Å². The summed E-state index contributed by atoms with van der Waals surface area (Å²) >= 11 is 0. The summed E-state index contributed by atoms with van der Waals surface area (Å²) < 4.78 is 0. The second-order valence-corrected chi connectivity index (χ2v) is 6.77. The lowest BCUT2D eigenvalue weighted by Gasteiger charge is -2.28.